The third-order valence-corrected chi connectivity index (χ3v) is 4.88. The number of rotatable bonds is 3. The molecule has 0 spiro atoms. The van der Waals surface area contributed by atoms with Crippen LogP contribution in [0.15, 0.2) is 24.3 Å². The maximum absolute atomic E-state index is 14.4. The van der Waals surface area contributed by atoms with Crippen molar-refractivity contribution in [3.8, 4) is 6.07 Å². The molecule has 1 saturated heterocycles. The van der Waals surface area contributed by atoms with Crippen LogP contribution in [-0.2, 0) is 6.18 Å². The van der Waals surface area contributed by atoms with Crippen LogP contribution in [0.3, 0.4) is 0 Å². The summed E-state index contributed by atoms with van der Waals surface area (Å²) in [5.41, 5.74) is 1.12. The van der Waals surface area contributed by atoms with E-state index in [2.05, 4.69) is 20.4 Å². The number of aryl methyl sites for hydroxylation is 1. The highest BCUT2D eigenvalue weighted by atomic mass is 19.4. The Hall–Kier alpha value is -3.42. The lowest BCUT2D eigenvalue weighted by atomic mass is 10.0. The molecule has 1 fully saturated rings. The molecule has 3 heterocycles. The van der Waals surface area contributed by atoms with E-state index in [9.17, 15) is 17.6 Å². The quantitative estimate of drug-likeness (QED) is 0.654. The second kappa shape index (κ2) is 7.44. The zero-order valence-electron chi connectivity index (χ0n) is 15.9. The van der Waals surface area contributed by atoms with Gasteiger partial charge in [0, 0.05) is 30.9 Å². The highest BCUT2D eigenvalue weighted by Gasteiger charge is 2.37. The Balaban J connectivity index is 1.59. The minimum absolute atomic E-state index is 0.143. The number of nitriles is 1. The average Bonchev–Trinajstić information content (AvgIpc) is 3.13. The molecule has 11 heteroatoms. The molecule has 1 aliphatic rings. The topological polar surface area (TPSA) is 82.1 Å². The number of alkyl halides is 3. The van der Waals surface area contributed by atoms with Gasteiger partial charge in [-0.3, -0.25) is 0 Å². The number of aromatic nitrogens is 4. The van der Waals surface area contributed by atoms with Crippen LogP contribution in [0.2, 0.25) is 0 Å². The second-order valence-corrected chi connectivity index (χ2v) is 7.14. The molecule has 0 bridgehead atoms. The molecule has 0 saturated carbocycles. The lowest BCUT2D eigenvalue weighted by molar-refractivity contribution is -0.144. The van der Waals surface area contributed by atoms with Gasteiger partial charge in [0.15, 0.2) is 0 Å². The Labute approximate surface area is 169 Å². The van der Waals surface area contributed by atoms with Crippen molar-refractivity contribution >= 4 is 17.3 Å². The molecule has 3 aromatic rings. The fraction of sp³-hybridized carbons (Fsp3) is 0.368. The van der Waals surface area contributed by atoms with Gasteiger partial charge < -0.3 is 10.2 Å². The highest BCUT2D eigenvalue weighted by molar-refractivity contribution is 5.53. The largest absolute Gasteiger partial charge is 0.453 e. The number of hydrogen-bond acceptors (Lipinski definition) is 6. The predicted molar refractivity (Wildman–Crippen MR) is 100 cm³/mol. The normalized spacial score (nSPS) is 17.2. The fourth-order valence-electron chi connectivity index (χ4n) is 3.57. The predicted octanol–water partition coefficient (Wildman–Crippen LogP) is 3.54. The monoisotopic (exact) mass is 419 g/mol. The SMILES string of the molecule is Cc1cc(NC2CCCN(c3ccc(C#N)cc3F)C2)n2nc(C(F)(F)F)nc2n1. The van der Waals surface area contributed by atoms with E-state index in [1.54, 1.807) is 25.1 Å². The Morgan fingerprint density at radius 1 is 1.23 bits per heavy atom. The first-order valence-corrected chi connectivity index (χ1v) is 9.27. The van der Waals surface area contributed by atoms with Crippen molar-refractivity contribution in [1.82, 2.24) is 19.6 Å². The van der Waals surface area contributed by atoms with Gasteiger partial charge in [0.25, 0.3) is 11.6 Å². The van der Waals surface area contributed by atoms with Crippen LogP contribution < -0.4 is 10.2 Å². The minimum atomic E-state index is -4.67. The van der Waals surface area contributed by atoms with Gasteiger partial charge in [-0.25, -0.2) is 9.37 Å². The Morgan fingerprint density at radius 2 is 2.03 bits per heavy atom. The number of piperidine rings is 1. The van der Waals surface area contributed by atoms with Crippen molar-refractivity contribution in [2.24, 2.45) is 0 Å². The zero-order chi connectivity index (χ0) is 21.5. The molecular formula is C19H17F4N7. The van der Waals surface area contributed by atoms with Crippen molar-refractivity contribution in [3.05, 3.63) is 47.2 Å². The summed E-state index contributed by atoms with van der Waals surface area (Å²) < 4.78 is 54.4. The van der Waals surface area contributed by atoms with E-state index in [4.69, 9.17) is 5.26 Å². The summed E-state index contributed by atoms with van der Waals surface area (Å²) in [6, 6.07) is 7.66. The molecular weight excluding hydrogens is 402 g/mol. The van der Waals surface area contributed by atoms with E-state index in [0.29, 0.717) is 30.3 Å². The first-order valence-electron chi connectivity index (χ1n) is 9.27. The maximum atomic E-state index is 14.4. The number of benzene rings is 1. The fourth-order valence-corrected chi connectivity index (χ4v) is 3.57. The maximum Gasteiger partial charge on any atom is 0.453 e. The van der Waals surface area contributed by atoms with E-state index < -0.39 is 17.8 Å². The van der Waals surface area contributed by atoms with E-state index in [-0.39, 0.29) is 17.4 Å². The molecule has 7 nitrogen and oxygen atoms in total. The first kappa shape index (κ1) is 19.9. The van der Waals surface area contributed by atoms with Crippen LogP contribution in [0.25, 0.3) is 5.78 Å². The summed E-state index contributed by atoms with van der Waals surface area (Å²) in [6.07, 6.45) is -3.17. The minimum Gasteiger partial charge on any atom is -0.367 e. The zero-order valence-corrected chi connectivity index (χ0v) is 15.9. The summed E-state index contributed by atoms with van der Waals surface area (Å²) in [5, 5.41) is 15.7. The molecule has 1 aliphatic heterocycles. The lowest BCUT2D eigenvalue weighted by Gasteiger charge is -2.35. The van der Waals surface area contributed by atoms with Gasteiger partial charge in [0.2, 0.25) is 0 Å². The van der Waals surface area contributed by atoms with Crippen LogP contribution in [0.4, 0.5) is 29.1 Å². The van der Waals surface area contributed by atoms with Crippen LogP contribution in [0.5, 0.6) is 0 Å². The van der Waals surface area contributed by atoms with Crippen molar-refractivity contribution < 1.29 is 17.6 Å². The van der Waals surface area contributed by atoms with Crippen LogP contribution in [0, 0.1) is 24.1 Å². The van der Waals surface area contributed by atoms with Crippen LogP contribution in [0.1, 0.15) is 29.9 Å². The number of nitrogens with zero attached hydrogens (tertiary/aromatic N) is 6. The van der Waals surface area contributed by atoms with Gasteiger partial charge in [0.1, 0.15) is 11.6 Å². The second-order valence-electron chi connectivity index (χ2n) is 7.14. The molecule has 1 unspecified atom stereocenters. The molecule has 1 atom stereocenters. The van der Waals surface area contributed by atoms with Crippen molar-refractivity contribution in [1.29, 1.82) is 5.26 Å². The molecule has 0 aliphatic carbocycles. The highest BCUT2D eigenvalue weighted by Crippen LogP contribution is 2.28. The molecule has 0 radical (unpaired) electrons. The lowest BCUT2D eigenvalue weighted by Crippen LogP contribution is -2.42. The molecule has 1 aromatic carbocycles. The summed E-state index contributed by atoms with van der Waals surface area (Å²) in [7, 11) is 0. The van der Waals surface area contributed by atoms with Crippen LogP contribution >= 0.6 is 0 Å². The molecule has 156 valence electrons. The van der Waals surface area contributed by atoms with E-state index in [0.717, 1.165) is 17.4 Å². The molecule has 2 aromatic heterocycles. The summed E-state index contributed by atoms with van der Waals surface area (Å²) in [4.78, 5) is 9.35. The average molecular weight is 419 g/mol. The van der Waals surface area contributed by atoms with Gasteiger partial charge in [0.05, 0.1) is 17.3 Å². The number of hydrogen-bond donors (Lipinski definition) is 1. The summed E-state index contributed by atoms with van der Waals surface area (Å²) in [6.45, 7) is 2.73. The first-order chi connectivity index (χ1) is 14.2. The Kier molecular flexibility index (Phi) is 4.93. The van der Waals surface area contributed by atoms with Gasteiger partial charge in [-0.1, -0.05) is 0 Å². The van der Waals surface area contributed by atoms with Crippen molar-refractivity contribution in [3.63, 3.8) is 0 Å². The Bertz CT molecular complexity index is 1130. The van der Waals surface area contributed by atoms with Gasteiger partial charge in [-0.15, -0.1) is 5.10 Å². The number of fused-ring (bicyclic) bond motifs is 1. The third kappa shape index (κ3) is 3.85. The standard InChI is InChI=1S/C19H17F4N7/c1-11-7-16(30-18(25-11)27-17(28-30)19(21,22)23)26-13-3-2-6-29(10-13)15-5-4-12(9-24)8-14(15)20/h4-5,7-8,13,26H,2-3,6,10H2,1H3. The van der Waals surface area contributed by atoms with Gasteiger partial charge in [-0.2, -0.15) is 27.9 Å². The number of halogens is 4. The molecule has 30 heavy (non-hydrogen) atoms. The van der Waals surface area contributed by atoms with E-state index in [1.807, 2.05) is 11.0 Å². The number of nitrogens with one attached hydrogen (secondary N) is 1. The summed E-state index contributed by atoms with van der Waals surface area (Å²) in [5.74, 6) is -1.54. The molecule has 4 rings (SSSR count). The van der Waals surface area contributed by atoms with Crippen LogP contribution in [-0.4, -0.2) is 38.7 Å². The Morgan fingerprint density at radius 3 is 2.73 bits per heavy atom. The van der Waals surface area contributed by atoms with Gasteiger partial charge in [-0.05, 0) is 38.0 Å². The van der Waals surface area contributed by atoms with Crippen molar-refractivity contribution in [2.45, 2.75) is 32.0 Å². The smallest absolute Gasteiger partial charge is 0.367 e. The summed E-state index contributed by atoms with van der Waals surface area (Å²) >= 11 is 0. The van der Waals surface area contributed by atoms with Crippen molar-refractivity contribution in [2.75, 3.05) is 23.3 Å². The molecule has 1 N–H and O–H groups in total. The molecule has 0 amide bonds. The number of anilines is 2. The van der Waals surface area contributed by atoms with E-state index >= 15 is 0 Å². The third-order valence-electron chi connectivity index (χ3n) is 4.88. The van der Waals surface area contributed by atoms with Gasteiger partial charge >= 0.3 is 6.18 Å². The van der Waals surface area contributed by atoms with E-state index in [1.165, 1.54) is 6.07 Å².